The predicted molar refractivity (Wildman–Crippen MR) is 38.6 cm³/mol. The number of carbonyl (C=O) groups excluding carboxylic acids is 1. The Hall–Kier alpha value is -1.36. The van der Waals surface area contributed by atoms with Crippen LogP contribution in [0.25, 0.3) is 0 Å². The molecule has 0 aliphatic carbocycles. The maximum absolute atomic E-state index is 10.7. The second-order valence-corrected chi connectivity index (χ2v) is 2.04. The van der Waals surface area contributed by atoms with E-state index in [1.807, 2.05) is 0 Å². The molecular weight excluding hydrogens is 148 g/mol. The molecule has 0 atom stereocenters. The maximum Gasteiger partial charge on any atom is 0.328 e. The van der Waals surface area contributed by atoms with Gasteiger partial charge >= 0.3 is 5.97 Å². The molecule has 0 saturated heterocycles. The van der Waals surface area contributed by atoms with Crippen LogP contribution in [-0.2, 0) is 9.59 Å². The molecule has 0 saturated carbocycles. The lowest BCUT2D eigenvalue weighted by molar-refractivity contribution is -0.131. The van der Waals surface area contributed by atoms with Gasteiger partial charge in [0.15, 0.2) is 0 Å². The maximum atomic E-state index is 10.7. The number of carboxylic acid groups (broad SMARTS) is 1. The van der Waals surface area contributed by atoms with Crippen LogP contribution >= 0.6 is 0 Å². The highest BCUT2D eigenvalue weighted by molar-refractivity contribution is 5.93. The molecule has 0 aliphatic rings. The van der Waals surface area contributed by atoms with E-state index in [0.717, 1.165) is 12.2 Å². The summed E-state index contributed by atoms with van der Waals surface area (Å²) in [7, 11) is 3.26. The third-order valence-corrected chi connectivity index (χ3v) is 0.711. The summed E-state index contributed by atoms with van der Waals surface area (Å²) in [4.78, 5) is 20.6. The number of carbonyl (C=O) groups is 2. The first-order chi connectivity index (χ1) is 5.02. The molecule has 62 valence electrons. The Bertz CT molecular complexity index is 186. The summed E-state index contributed by atoms with van der Waals surface area (Å²) < 4.78 is 0. The number of amides is 1. The minimum atomic E-state index is -1.14. The number of aliphatic carboxylic acids is 1. The average molecular weight is 158 g/mol. The molecule has 0 aromatic carbocycles. The van der Waals surface area contributed by atoms with Crippen LogP contribution in [0.4, 0.5) is 0 Å². The third kappa shape index (κ3) is 6.53. The van der Waals surface area contributed by atoms with E-state index in [9.17, 15) is 9.59 Å². The molecule has 0 fully saturated rings. The van der Waals surface area contributed by atoms with Crippen LogP contribution < -0.4 is 5.43 Å². The zero-order chi connectivity index (χ0) is 8.85. The number of nitrogens with one attached hydrogen (secondary N) is 1. The zero-order valence-electron chi connectivity index (χ0n) is 6.37. The number of hydrogen-bond donors (Lipinski definition) is 2. The summed E-state index contributed by atoms with van der Waals surface area (Å²) in [6.45, 7) is 0. The van der Waals surface area contributed by atoms with E-state index in [1.54, 1.807) is 14.1 Å². The largest absolute Gasteiger partial charge is 0.478 e. The van der Waals surface area contributed by atoms with Gasteiger partial charge in [0, 0.05) is 26.2 Å². The van der Waals surface area contributed by atoms with Crippen LogP contribution in [0.3, 0.4) is 0 Å². The van der Waals surface area contributed by atoms with Gasteiger partial charge < -0.3 is 5.11 Å². The van der Waals surface area contributed by atoms with Crippen LogP contribution in [0, 0.1) is 0 Å². The van der Waals surface area contributed by atoms with E-state index in [-0.39, 0.29) is 0 Å². The molecule has 5 nitrogen and oxygen atoms in total. The molecule has 5 heteroatoms. The Labute approximate surface area is 64.3 Å². The highest BCUT2D eigenvalue weighted by atomic mass is 16.4. The zero-order valence-corrected chi connectivity index (χ0v) is 6.37. The van der Waals surface area contributed by atoms with Crippen LogP contribution in [0.2, 0.25) is 0 Å². The fraction of sp³-hybridized carbons (Fsp3) is 0.333. The monoisotopic (exact) mass is 158 g/mol. The van der Waals surface area contributed by atoms with Crippen LogP contribution in [0.15, 0.2) is 12.2 Å². The number of hydrazine groups is 1. The summed E-state index contributed by atoms with van der Waals surface area (Å²) in [5.74, 6) is -1.60. The first-order valence-corrected chi connectivity index (χ1v) is 2.91. The smallest absolute Gasteiger partial charge is 0.328 e. The lowest BCUT2D eigenvalue weighted by Crippen LogP contribution is -2.34. The molecule has 2 N–H and O–H groups in total. The van der Waals surface area contributed by atoms with E-state index in [4.69, 9.17) is 5.11 Å². The van der Waals surface area contributed by atoms with E-state index < -0.39 is 11.9 Å². The van der Waals surface area contributed by atoms with Crippen LogP contribution in [0.5, 0.6) is 0 Å². The summed E-state index contributed by atoms with van der Waals surface area (Å²) in [6, 6.07) is 0. The third-order valence-electron chi connectivity index (χ3n) is 0.711. The van der Waals surface area contributed by atoms with Crippen molar-refractivity contribution in [3.63, 3.8) is 0 Å². The van der Waals surface area contributed by atoms with Gasteiger partial charge in [0.1, 0.15) is 0 Å². The van der Waals surface area contributed by atoms with Gasteiger partial charge in [-0.1, -0.05) is 0 Å². The predicted octanol–water partition coefficient (Wildman–Crippen LogP) is -0.780. The van der Waals surface area contributed by atoms with Crippen molar-refractivity contribution < 1.29 is 14.7 Å². The summed E-state index contributed by atoms with van der Waals surface area (Å²) >= 11 is 0. The van der Waals surface area contributed by atoms with Crippen molar-refractivity contribution in [1.29, 1.82) is 0 Å². The highest BCUT2D eigenvalue weighted by Gasteiger charge is 1.95. The molecule has 0 bridgehead atoms. The van der Waals surface area contributed by atoms with Crippen LogP contribution in [0.1, 0.15) is 0 Å². The lowest BCUT2D eigenvalue weighted by Gasteiger charge is -2.08. The quantitative estimate of drug-likeness (QED) is 0.417. The fourth-order valence-corrected chi connectivity index (χ4v) is 0.405. The lowest BCUT2D eigenvalue weighted by atomic mass is 10.5. The van der Waals surface area contributed by atoms with Gasteiger partial charge in [-0.25, -0.2) is 9.80 Å². The van der Waals surface area contributed by atoms with Gasteiger partial charge in [-0.3, -0.25) is 10.2 Å². The van der Waals surface area contributed by atoms with Crippen molar-refractivity contribution >= 4 is 11.9 Å². The Morgan fingerprint density at radius 3 is 2.27 bits per heavy atom. The molecule has 0 aromatic heterocycles. The molecule has 0 spiro atoms. The van der Waals surface area contributed by atoms with Gasteiger partial charge in [-0.05, 0) is 0 Å². The first kappa shape index (κ1) is 9.64. The van der Waals surface area contributed by atoms with Gasteiger partial charge in [0.05, 0.1) is 0 Å². The van der Waals surface area contributed by atoms with Gasteiger partial charge in [0.2, 0.25) is 0 Å². The molecule has 11 heavy (non-hydrogen) atoms. The van der Waals surface area contributed by atoms with Crippen molar-refractivity contribution in [2.75, 3.05) is 14.1 Å². The normalized spacial score (nSPS) is 10.5. The van der Waals surface area contributed by atoms with Crippen molar-refractivity contribution in [2.45, 2.75) is 0 Å². The Morgan fingerprint density at radius 1 is 1.36 bits per heavy atom. The van der Waals surface area contributed by atoms with Gasteiger partial charge in [-0.2, -0.15) is 0 Å². The number of carboxylic acids is 1. The molecule has 0 unspecified atom stereocenters. The molecule has 0 radical (unpaired) electrons. The summed E-state index contributed by atoms with van der Waals surface area (Å²) in [5, 5.41) is 9.54. The van der Waals surface area contributed by atoms with Crippen LogP contribution in [-0.4, -0.2) is 36.1 Å². The molecular formula is C6H10N2O3. The number of nitrogens with zero attached hydrogens (tertiary/aromatic N) is 1. The molecule has 0 heterocycles. The summed E-state index contributed by atoms with van der Waals surface area (Å²) in [5.41, 5.74) is 2.34. The SMILES string of the molecule is CN(C)NC(=O)C=CC(=O)O. The Kier molecular flexibility index (Phi) is 3.90. The first-order valence-electron chi connectivity index (χ1n) is 2.91. The van der Waals surface area contributed by atoms with E-state index in [0.29, 0.717) is 0 Å². The van der Waals surface area contributed by atoms with Crippen molar-refractivity contribution in [1.82, 2.24) is 10.4 Å². The standard InChI is InChI=1S/C6H10N2O3/c1-8(2)7-5(9)3-4-6(10)11/h3-4H,1-2H3,(H,7,9)(H,10,11). The van der Waals surface area contributed by atoms with Crippen molar-refractivity contribution in [2.24, 2.45) is 0 Å². The number of rotatable bonds is 3. The second kappa shape index (κ2) is 4.45. The minimum absolute atomic E-state index is 0.461. The molecule has 0 rings (SSSR count). The van der Waals surface area contributed by atoms with Crippen molar-refractivity contribution in [3.8, 4) is 0 Å². The van der Waals surface area contributed by atoms with E-state index >= 15 is 0 Å². The average Bonchev–Trinajstić information content (AvgIpc) is 1.82. The molecule has 0 aliphatic heterocycles. The molecule has 1 amide bonds. The Balaban J connectivity index is 3.78. The highest BCUT2D eigenvalue weighted by Crippen LogP contribution is 1.74. The Morgan fingerprint density at radius 2 is 1.91 bits per heavy atom. The van der Waals surface area contributed by atoms with Crippen molar-refractivity contribution in [3.05, 3.63) is 12.2 Å². The van der Waals surface area contributed by atoms with Gasteiger partial charge in [-0.15, -0.1) is 0 Å². The number of hydrogen-bond acceptors (Lipinski definition) is 3. The van der Waals surface area contributed by atoms with E-state index in [2.05, 4.69) is 5.43 Å². The van der Waals surface area contributed by atoms with E-state index in [1.165, 1.54) is 5.01 Å². The summed E-state index contributed by atoms with van der Waals surface area (Å²) in [6.07, 6.45) is 1.72. The molecule has 0 aromatic rings. The fourth-order valence-electron chi connectivity index (χ4n) is 0.405. The van der Waals surface area contributed by atoms with Gasteiger partial charge in [0.25, 0.3) is 5.91 Å². The second-order valence-electron chi connectivity index (χ2n) is 2.04. The topological polar surface area (TPSA) is 69.6 Å². The minimum Gasteiger partial charge on any atom is -0.478 e.